The molecule has 2 aliphatic carbocycles. The lowest BCUT2D eigenvalue weighted by Crippen LogP contribution is -2.66. The van der Waals surface area contributed by atoms with Crippen LogP contribution in [0, 0.1) is 23.7 Å². The fourth-order valence-electron chi connectivity index (χ4n) is 6.33. The van der Waals surface area contributed by atoms with Crippen LogP contribution in [0.25, 0.3) is 0 Å². The third-order valence-corrected chi connectivity index (χ3v) is 7.84. The standard InChI is InChI=1S/C26H38O6/c1-6-16(3)24-25(5,30)22-17(4)14-18-13-15(2)11-12-19(18)26(22,31)23(29)20(32-24)9-7-8-10-21(27)28/h7-11,14,16,18-20,22-24,29-31H,6,12-13H2,1-5H3,(H,27,28)/b9-7+,10-8+/t16-,18+,19-,20-,22+,23-,24-,25+,26-/m1/s1. The summed E-state index contributed by atoms with van der Waals surface area (Å²) in [5, 5.41) is 44.7. The lowest BCUT2D eigenvalue weighted by molar-refractivity contribution is -0.195. The summed E-state index contributed by atoms with van der Waals surface area (Å²) < 4.78 is 6.33. The number of hydrogen-bond donors (Lipinski definition) is 4. The van der Waals surface area contributed by atoms with Gasteiger partial charge < -0.3 is 25.2 Å². The normalized spacial score (nSPS) is 43.2. The van der Waals surface area contributed by atoms with E-state index in [2.05, 4.69) is 19.1 Å². The summed E-state index contributed by atoms with van der Waals surface area (Å²) in [6.07, 6.45) is 9.12. The Morgan fingerprint density at radius 1 is 1.31 bits per heavy atom. The number of carboxylic acids is 1. The van der Waals surface area contributed by atoms with Gasteiger partial charge >= 0.3 is 5.97 Å². The van der Waals surface area contributed by atoms with Crippen LogP contribution in [0.4, 0.5) is 0 Å². The highest BCUT2D eigenvalue weighted by molar-refractivity contribution is 5.80. The Morgan fingerprint density at radius 2 is 2.00 bits per heavy atom. The summed E-state index contributed by atoms with van der Waals surface area (Å²) in [5.74, 6) is -1.97. The van der Waals surface area contributed by atoms with E-state index in [9.17, 15) is 20.1 Å². The van der Waals surface area contributed by atoms with Crippen molar-refractivity contribution >= 4 is 5.97 Å². The zero-order chi connectivity index (χ0) is 23.8. The number of carboxylic acid groups (broad SMARTS) is 1. The molecule has 0 spiro atoms. The second kappa shape index (κ2) is 9.26. The van der Waals surface area contributed by atoms with E-state index in [1.807, 2.05) is 20.8 Å². The molecule has 6 nitrogen and oxygen atoms in total. The molecule has 1 fully saturated rings. The highest BCUT2D eigenvalue weighted by Crippen LogP contribution is 2.56. The Balaban J connectivity index is 2.14. The van der Waals surface area contributed by atoms with E-state index in [-0.39, 0.29) is 17.8 Å². The molecule has 3 aliphatic rings. The van der Waals surface area contributed by atoms with Crippen molar-refractivity contribution < 1.29 is 30.0 Å². The molecule has 0 aromatic rings. The molecule has 0 unspecified atom stereocenters. The van der Waals surface area contributed by atoms with Gasteiger partial charge in [-0.1, -0.05) is 61.8 Å². The second-order valence-corrected chi connectivity index (χ2v) is 10.2. The Kier molecular flexibility index (Phi) is 7.20. The monoisotopic (exact) mass is 446 g/mol. The maximum atomic E-state index is 12.3. The molecular weight excluding hydrogens is 408 g/mol. The maximum Gasteiger partial charge on any atom is 0.328 e. The number of rotatable bonds is 5. The van der Waals surface area contributed by atoms with Crippen molar-refractivity contribution in [3.05, 3.63) is 47.6 Å². The number of hydrogen-bond acceptors (Lipinski definition) is 5. The molecule has 0 aromatic carbocycles. The molecule has 4 N–H and O–H groups in total. The molecule has 1 heterocycles. The summed E-state index contributed by atoms with van der Waals surface area (Å²) >= 11 is 0. The van der Waals surface area contributed by atoms with Crippen LogP contribution in [0.3, 0.4) is 0 Å². The zero-order valence-corrected chi connectivity index (χ0v) is 19.7. The van der Waals surface area contributed by atoms with Crippen LogP contribution in [-0.2, 0) is 9.53 Å². The molecular formula is C26H38O6. The summed E-state index contributed by atoms with van der Waals surface area (Å²) in [6.45, 7) is 9.74. The van der Waals surface area contributed by atoms with E-state index in [1.165, 1.54) is 17.7 Å². The number of aliphatic hydroxyl groups excluding tert-OH is 1. The van der Waals surface area contributed by atoms with E-state index in [4.69, 9.17) is 9.84 Å². The minimum atomic E-state index is -1.60. The molecule has 0 amide bonds. The molecule has 0 radical (unpaired) electrons. The molecule has 9 atom stereocenters. The van der Waals surface area contributed by atoms with Crippen LogP contribution in [0.15, 0.2) is 47.6 Å². The number of fused-ring (bicyclic) bond motifs is 3. The van der Waals surface area contributed by atoms with Gasteiger partial charge in [-0.25, -0.2) is 4.79 Å². The van der Waals surface area contributed by atoms with Crippen molar-refractivity contribution in [3.8, 4) is 0 Å². The minimum absolute atomic E-state index is 0.0240. The maximum absolute atomic E-state index is 12.3. The predicted molar refractivity (Wildman–Crippen MR) is 123 cm³/mol. The van der Waals surface area contributed by atoms with Crippen LogP contribution in [0.1, 0.15) is 53.9 Å². The average Bonchev–Trinajstić information content (AvgIpc) is 2.77. The molecule has 6 heteroatoms. The van der Waals surface area contributed by atoms with E-state index in [0.29, 0.717) is 6.42 Å². The van der Waals surface area contributed by atoms with Gasteiger partial charge in [0.25, 0.3) is 0 Å². The molecule has 0 saturated carbocycles. The lowest BCUT2D eigenvalue weighted by Gasteiger charge is -2.55. The van der Waals surface area contributed by atoms with Gasteiger partial charge in [0.05, 0.1) is 11.7 Å². The quantitative estimate of drug-likeness (QED) is 0.293. The molecule has 3 rings (SSSR count). The average molecular weight is 447 g/mol. The highest BCUT2D eigenvalue weighted by atomic mass is 16.5. The Morgan fingerprint density at radius 3 is 2.62 bits per heavy atom. The Hall–Kier alpha value is -1.73. The fourth-order valence-corrected chi connectivity index (χ4v) is 6.33. The highest BCUT2D eigenvalue weighted by Gasteiger charge is 2.65. The first-order valence-corrected chi connectivity index (χ1v) is 11.6. The summed E-state index contributed by atoms with van der Waals surface area (Å²) in [6, 6.07) is 0. The van der Waals surface area contributed by atoms with Gasteiger partial charge in [-0.3, -0.25) is 0 Å². The van der Waals surface area contributed by atoms with Crippen molar-refractivity contribution in [1.82, 2.24) is 0 Å². The van der Waals surface area contributed by atoms with Gasteiger partial charge in [-0.2, -0.15) is 0 Å². The van der Waals surface area contributed by atoms with Gasteiger partial charge in [0.2, 0.25) is 0 Å². The summed E-state index contributed by atoms with van der Waals surface area (Å²) in [4.78, 5) is 10.8. The second-order valence-electron chi connectivity index (χ2n) is 10.2. The van der Waals surface area contributed by atoms with Crippen LogP contribution in [-0.4, -0.2) is 55.9 Å². The Labute approximate surface area is 191 Å². The van der Waals surface area contributed by atoms with Gasteiger partial charge in [-0.15, -0.1) is 0 Å². The largest absolute Gasteiger partial charge is 0.478 e. The van der Waals surface area contributed by atoms with E-state index >= 15 is 0 Å². The topological polar surface area (TPSA) is 107 Å². The van der Waals surface area contributed by atoms with E-state index < -0.39 is 41.4 Å². The summed E-state index contributed by atoms with van der Waals surface area (Å²) in [7, 11) is 0. The first kappa shape index (κ1) is 24.9. The molecule has 178 valence electrons. The number of carbonyl (C=O) groups is 1. The molecule has 1 aliphatic heterocycles. The predicted octanol–water partition coefficient (Wildman–Crippen LogP) is 3.39. The molecule has 0 bridgehead atoms. The van der Waals surface area contributed by atoms with Crippen molar-refractivity contribution in [3.63, 3.8) is 0 Å². The van der Waals surface area contributed by atoms with Gasteiger partial charge in [0.15, 0.2) is 0 Å². The smallest absolute Gasteiger partial charge is 0.328 e. The van der Waals surface area contributed by atoms with Crippen LogP contribution in [0.5, 0.6) is 0 Å². The number of aliphatic hydroxyl groups is 3. The van der Waals surface area contributed by atoms with Crippen molar-refractivity contribution in [1.29, 1.82) is 0 Å². The lowest BCUT2D eigenvalue weighted by atomic mass is 9.54. The van der Waals surface area contributed by atoms with Crippen molar-refractivity contribution in [2.45, 2.75) is 83.4 Å². The third-order valence-electron chi connectivity index (χ3n) is 7.84. The van der Waals surface area contributed by atoms with E-state index in [1.54, 1.807) is 13.0 Å². The van der Waals surface area contributed by atoms with Crippen LogP contribution in [0.2, 0.25) is 0 Å². The van der Waals surface area contributed by atoms with Gasteiger partial charge in [-0.05, 0) is 45.4 Å². The first-order valence-electron chi connectivity index (χ1n) is 11.6. The first-order chi connectivity index (χ1) is 14.9. The van der Waals surface area contributed by atoms with Crippen LogP contribution >= 0.6 is 0 Å². The number of ether oxygens (including phenoxy) is 1. The Bertz CT molecular complexity index is 837. The summed E-state index contributed by atoms with van der Waals surface area (Å²) in [5.41, 5.74) is -0.874. The molecule has 1 saturated heterocycles. The van der Waals surface area contributed by atoms with Gasteiger partial charge in [0, 0.05) is 17.9 Å². The molecule has 32 heavy (non-hydrogen) atoms. The fraction of sp³-hybridized carbons (Fsp3) is 0.654. The van der Waals surface area contributed by atoms with E-state index in [0.717, 1.165) is 24.5 Å². The number of allylic oxidation sites excluding steroid dienone is 5. The van der Waals surface area contributed by atoms with Crippen molar-refractivity contribution in [2.24, 2.45) is 23.7 Å². The van der Waals surface area contributed by atoms with Crippen molar-refractivity contribution in [2.75, 3.05) is 0 Å². The SMILES string of the molecule is CC[C@@H](C)[C@H]1O[C@H](/C=C/C=C/C(=O)O)[C@@H](O)[C@@]2(O)[C@@H]3CC=C(C)C[C@H]3C=C(C)[C@H]2[C@]1(C)O. The zero-order valence-electron chi connectivity index (χ0n) is 19.7. The minimum Gasteiger partial charge on any atom is -0.478 e. The third kappa shape index (κ3) is 4.26. The molecule has 0 aromatic heterocycles. The van der Waals surface area contributed by atoms with Crippen LogP contribution < -0.4 is 0 Å². The van der Waals surface area contributed by atoms with Gasteiger partial charge in [0.1, 0.15) is 17.8 Å². The number of aliphatic carboxylic acids is 1.